The Balaban J connectivity index is 1.79. The first kappa shape index (κ1) is 17.0. The third kappa shape index (κ3) is 2.99. The SMILES string of the molecule is NC(=O)c1cnn2ccc(N3C[C@@H](C(N)=O)C[C@@H]3c3cccc(F)c3)cc12. The number of carbonyl (C=O) groups is 2. The number of primary amides is 2. The Bertz CT molecular complexity index is 1050. The minimum atomic E-state index is -0.569. The van der Waals surface area contributed by atoms with Gasteiger partial charge in [0.1, 0.15) is 5.82 Å². The van der Waals surface area contributed by atoms with Crippen molar-refractivity contribution in [1.82, 2.24) is 9.61 Å². The van der Waals surface area contributed by atoms with E-state index in [9.17, 15) is 14.0 Å². The van der Waals surface area contributed by atoms with Crippen LogP contribution in [-0.4, -0.2) is 28.0 Å². The molecule has 0 bridgehead atoms. The number of benzene rings is 1. The topological polar surface area (TPSA) is 107 Å². The van der Waals surface area contributed by atoms with Crippen LogP contribution in [0.1, 0.15) is 28.4 Å². The number of fused-ring (bicyclic) bond motifs is 1. The summed E-state index contributed by atoms with van der Waals surface area (Å²) in [5.74, 6) is -1.64. The minimum Gasteiger partial charge on any atom is -0.369 e. The van der Waals surface area contributed by atoms with Gasteiger partial charge in [0.2, 0.25) is 5.91 Å². The Morgan fingerprint density at radius 1 is 1.19 bits per heavy atom. The number of carbonyl (C=O) groups excluding carboxylic acids is 2. The number of nitrogens with two attached hydrogens (primary N) is 2. The van der Waals surface area contributed by atoms with Gasteiger partial charge in [-0.1, -0.05) is 12.1 Å². The Labute approximate surface area is 154 Å². The smallest absolute Gasteiger partial charge is 0.252 e. The monoisotopic (exact) mass is 367 g/mol. The average Bonchev–Trinajstić information content (AvgIpc) is 3.25. The summed E-state index contributed by atoms with van der Waals surface area (Å²) in [6.07, 6.45) is 3.63. The fraction of sp³-hybridized carbons (Fsp3) is 0.211. The van der Waals surface area contributed by atoms with Crippen LogP contribution in [0.3, 0.4) is 0 Å². The lowest BCUT2D eigenvalue weighted by Crippen LogP contribution is -2.28. The van der Waals surface area contributed by atoms with Gasteiger partial charge in [0.25, 0.3) is 5.91 Å². The summed E-state index contributed by atoms with van der Waals surface area (Å²) in [4.78, 5) is 25.4. The standard InChI is InChI=1S/C19H18FN5O2/c20-13-3-1-2-11(6-13)16-7-12(18(21)26)10-24(16)14-4-5-25-17(8-14)15(9-23-25)19(22)27/h1-6,8-9,12,16H,7,10H2,(H2,21,26)(H2,22,27)/t12-,16+/m0/s1. The molecule has 27 heavy (non-hydrogen) atoms. The number of halogens is 1. The molecule has 0 aliphatic carbocycles. The second kappa shape index (κ2) is 6.39. The molecule has 3 aromatic rings. The van der Waals surface area contributed by atoms with E-state index in [4.69, 9.17) is 11.5 Å². The molecule has 8 heteroatoms. The van der Waals surface area contributed by atoms with Crippen LogP contribution >= 0.6 is 0 Å². The zero-order chi connectivity index (χ0) is 19.1. The van der Waals surface area contributed by atoms with E-state index in [1.54, 1.807) is 22.8 Å². The van der Waals surface area contributed by atoms with Gasteiger partial charge in [0.05, 0.1) is 29.2 Å². The molecule has 1 saturated heterocycles. The molecule has 4 rings (SSSR count). The van der Waals surface area contributed by atoms with Gasteiger partial charge >= 0.3 is 0 Å². The van der Waals surface area contributed by atoms with E-state index in [1.807, 2.05) is 17.0 Å². The van der Waals surface area contributed by atoms with E-state index >= 15 is 0 Å². The van der Waals surface area contributed by atoms with Crippen molar-refractivity contribution in [3.63, 3.8) is 0 Å². The molecular weight excluding hydrogens is 349 g/mol. The van der Waals surface area contributed by atoms with Crippen LogP contribution in [-0.2, 0) is 4.79 Å². The molecule has 7 nitrogen and oxygen atoms in total. The lowest BCUT2D eigenvalue weighted by Gasteiger charge is -2.27. The van der Waals surface area contributed by atoms with Gasteiger partial charge in [-0.05, 0) is 36.2 Å². The number of amides is 2. The molecule has 0 unspecified atom stereocenters. The van der Waals surface area contributed by atoms with Gasteiger partial charge in [-0.2, -0.15) is 5.10 Å². The molecule has 2 amide bonds. The molecular formula is C19H18FN5O2. The molecule has 0 radical (unpaired) electrons. The maximum atomic E-state index is 13.7. The third-order valence-electron chi connectivity index (χ3n) is 5.04. The highest BCUT2D eigenvalue weighted by Crippen LogP contribution is 2.39. The number of hydrogen-bond acceptors (Lipinski definition) is 4. The number of pyridine rings is 1. The van der Waals surface area contributed by atoms with E-state index in [0.717, 1.165) is 11.3 Å². The molecule has 3 heterocycles. The summed E-state index contributed by atoms with van der Waals surface area (Å²) in [6.45, 7) is 0.409. The van der Waals surface area contributed by atoms with E-state index in [2.05, 4.69) is 5.10 Å². The van der Waals surface area contributed by atoms with Gasteiger partial charge < -0.3 is 16.4 Å². The summed E-state index contributed by atoms with van der Waals surface area (Å²) < 4.78 is 15.3. The van der Waals surface area contributed by atoms with Crippen molar-refractivity contribution in [3.8, 4) is 0 Å². The molecule has 0 spiro atoms. The lowest BCUT2D eigenvalue weighted by atomic mass is 9.99. The quantitative estimate of drug-likeness (QED) is 0.731. The predicted octanol–water partition coefficient (Wildman–Crippen LogP) is 1.63. The molecule has 1 aliphatic rings. The summed E-state index contributed by atoms with van der Waals surface area (Å²) in [5.41, 5.74) is 13.4. The van der Waals surface area contributed by atoms with E-state index in [0.29, 0.717) is 24.0 Å². The van der Waals surface area contributed by atoms with Crippen molar-refractivity contribution in [2.75, 3.05) is 11.4 Å². The highest BCUT2D eigenvalue weighted by atomic mass is 19.1. The predicted molar refractivity (Wildman–Crippen MR) is 97.5 cm³/mol. The fourth-order valence-electron chi connectivity index (χ4n) is 3.70. The lowest BCUT2D eigenvalue weighted by molar-refractivity contribution is -0.121. The van der Waals surface area contributed by atoms with Crippen LogP contribution in [0, 0.1) is 11.7 Å². The molecule has 1 aromatic carbocycles. The van der Waals surface area contributed by atoms with Gasteiger partial charge in [-0.3, -0.25) is 9.59 Å². The van der Waals surface area contributed by atoms with E-state index in [-0.39, 0.29) is 23.7 Å². The Morgan fingerprint density at radius 3 is 2.70 bits per heavy atom. The van der Waals surface area contributed by atoms with Crippen LogP contribution in [0.4, 0.5) is 10.1 Å². The summed E-state index contributed by atoms with van der Waals surface area (Å²) in [6, 6.07) is 9.74. The molecule has 0 saturated carbocycles. The number of nitrogens with zero attached hydrogens (tertiary/aromatic N) is 3. The molecule has 138 valence electrons. The van der Waals surface area contributed by atoms with E-state index < -0.39 is 5.91 Å². The zero-order valence-electron chi connectivity index (χ0n) is 14.4. The van der Waals surface area contributed by atoms with Crippen LogP contribution < -0.4 is 16.4 Å². The van der Waals surface area contributed by atoms with Gasteiger partial charge in [-0.15, -0.1) is 0 Å². The summed E-state index contributed by atoms with van der Waals surface area (Å²) in [5, 5.41) is 4.11. The van der Waals surface area contributed by atoms with Gasteiger partial charge in [-0.25, -0.2) is 8.91 Å². The average molecular weight is 367 g/mol. The van der Waals surface area contributed by atoms with Crippen molar-refractivity contribution in [2.24, 2.45) is 17.4 Å². The highest BCUT2D eigenvalue weighted by Gasteiger charge is 2.36. The Morgan fingerprint density at radius 2 is 2.00 bits per heavy atom. The van der Waals surface area contributed by atoms with Crippen molar-refractivity contribution >= 4 is 23.0 Å². The number of rotatable bonds is 4. The number of hydrogen-bond donors (Lipinski definition) is 2. The van der Waals surface area contributed by atoms with Crippen molar-refractivity contribution < 1.29 is 14.0 Å². The van der Waals surface area contributed by atoms with Crippen LogP contribution in [0.15, 0.2) is 48.8 Å². The first-order valence-corrected chi connectivity index (χ1v) is 8.52. The van der Waals surface area contributed by atoms with Crippen molar-refractivity contribution in [3.05, 3.63) is 65.7 Å². The van der Waals surface area contributed by atoms with Crippen LogP contribution in [0.25, 0.3) is 5.52 Å². The maximum absolute atomic E-state index is 13.7. The summed E-state index contributed by atoms with van der Waals surface area (Å²) >= 11 is 0. The van der Waals surface area contributed by atoms with Crippen molar-refractivity contribution in [2.45, 2.75) is 12.5 Å². The minimum absolute atomic E-state index is 0.208. The third-order valence-corrected chi connectivity index (χ3v) is 5.04. The maximum Gasteiger partial charge on any atom is 0.252 e. The van der Waals surface area contributed by atoms with E-state index in [1.165, 1.54) is 18.3 Å². The zero-order valence-corrected chi connectivity index (χ0v) is 14.4. The van der Waals surface area contributed by atoms with Crippen LogP contribution in [0.2, 0.25) is 0 Å². The number of aromatic nitrogens is 2. The second-order valence-electron chi connectivity index (χ2n) is 6.70. The van der Waals surface area contributed by atoms with Gasteiger partial charge in [0, 0.05) is 18.4 Å². The van der Waals surface area contributed by atoms with Crippen LogP contribution in [0.5, 0.6) is 0 Å². The molecule has 4 N–H and O–H groups in total. The highest BCUT2D eigenvalue weighted by molar-refractivity contribution is 6.00. The summed E-state index contributed by atoms with van der Waals surface area (Å²) in [7, 11) is 0. The fourth-order valence-corrected chi connectivity index (χ4v) is 3.70. The normalized spacial score (nSPS) is 19.5. The molecule has 1 aliphatic heterocycles. The largest absolute Gasteiger partial charge is 0.369 e. The molecule has 1 fully saturated rings. The second-order valence-corrected chi connectivity index (χ2v) is 6.70. The number of anilines is 1. The Kier molecular flexibility index (Phi) is 4.02. The van der Waals surface area contributed by atoms with Gasteiger partial charge in [0.15, 0.2) is 0 Å². The van der Waals surface area contributed by atoms with Crippen molar-refractivity contribution in [1.29, 1.82) is 0 Å². The first-order chi connectivity index (χ1) is 12.9. The first-order valence-electron chi connectivity index (χ1n) is 8.52. The molecule has 2 atom stereocenters. The molecule has 2 aromatic heterocycles. The Hall–Kier alpha value is -3.42.